The number of nitrogens with zero attached hydrogens (tertiary/aromatic N) is 2. The number of benzene rings is 2. The fourth-order valence-corrected chi connectivity index (χ4v) is 3.16. The monoisotopic (exact) mass is 350 g/mol. The maximum atomic E-state index is 6.10. The number of aromatic nitrogens is 2. The largest absolute Gasteiger partial charge is 0.480 e. The molecule has 3 aromatic rings. The highest BCUT2D eigenvalue weighted by atomic mass is 16.5. The molecule has 0 aliphatic carbocycles. The maximum absolute atomic E-state index is 6.10. The van der Waals surface area contributed by atoms with Crippen LogP contribution in [0.1, 0.15) is 54.0 Å². The Labute approximate surface area is 153 Å². The fourth-order valence-electron chi connectivity index (χ4n) is 3.16. The molecule has 5 heteroatoms. The Hall–Kier alpha value is -2.66. The standard InChI is InChI=1S/C21H22N2O3/c1-3-17(25-18-11-7-4-8-14(18)2)20-22-23-21(26-20)19-12-15-9-5-6-10-16(15)13-24-19/h4-11,17,19H,3,12-13H2,1-2H3/t17?,19-/m0/s1. The lowest BCUT2D eigenvalue weighted by molar-refractivity contribution is 0.00813. The highest BCUT2D eigenvalue weighted by Crippen LogP contribution is 2.32. The number of ether oxygens (including phenoxy) is 2. The van der Waals surface area contributed by atoms with Gasteiger partial charge in [-0.25, -0.2) is 0 Å². The lowest BCUT2D eigenvalue weighted by Gasteiger charge is -2.22. The number of fused-ring (bicyclic) bond motifs is 1. The second-order valence-corrected chi connectivity index (χ2v) is 6.53. The van der Waals surface area contributed by atoms with Gasteiger partial charge in [0.05, 0.1) is 6.61 Å². The van der Waals surface area contributed by atoms with Crippen molar-refractivity contribution in [3.8, 4) is 5.75 Å². The summed E-state index contributed by atoms with van der Waals surface area (Å²) in [6.45, 7) is 4.63. The molecule has 2 atom stereocenters. The van der Waals surface area contributed by atoms with Gasteiger partial charge in [-0.3, -0.25) is 0 Å². The van der Waals surface area contributed by atoms with Gasteiger partial charge >= 0.3 is 0 Å². The summed E-state index contributed by atoms with van der Waals surface area (Å²) in [5.74, 6) is 1.84. The number of rotatable bonds is 5. The molecule has 4 rings (SSSR count). The van der Waals surface area contributed by atoms with Crippen molar-refractivity contribution in [1.82, 2.24) is 10.2 Å². The van der Waals surface area contributed by atoms with E-state index in [4.69, 9.17) is 13.9 Å². The molecule has 1 unspecified atom stereocenters. The Bertz CT molecular complexity index is 890. The van der Waals surface area contributed by atoms with E-state index >= 15 is 0 Å². The smallest absolute Gasteiger partial charge is 0.257 e. The molecule has 0 N–H and O–H groups in total. The van der Waals surface area contributed by atoms with Crippen molar-refractivity contribution in [3.05, 3.63) is 77.0 Å². The van der Waals surface area contributed by atoms with Crippen molar-refractivity contribution in [3.63, 3.8) is 0 Å². The summed E-state index contributed by atoms with van der Waals surface area (Å²) >= 11 is 0. The first-order valence-electron chi connectivity index (χ1n) is 8.98. The number of hydrogen-bond donors (Lipinski definition) is 0. The molecule has 0 saturated heterocycles. The van der Waals surface area contributed by atoms with E-state index in [1.165, 1.54) is 11.1 Å². The molecule has 0 radical (unpaired) electrons. The third-order valence-electron chi connectivity index (χ3n) is 4.70. The Morgan fingerprint density at radius 2 is 1.85 bits per heavy atom. The van der Waals surface area contributed by atoms with Crippen LogP contribution in [0.3, 0.4) is 0 Å². The van der Waals surface area contributed by atoms with Crippen molar-refractivity contribution in [1.29, 1.82) is 0 Å². The van der Waals surface area contributed by atoms with E-state index in [9.17, 15) is 0 Å². The summed E-state index contributed by atoms with van der Waals surface area (Å²) in [6.07, 6.45) is 1.01. The predicted octanol–water partition coefficient (Wildman–Crippen LogP) is 4.72. The van der Waals surface area contributed by atoms with E-state index in [0.717, 1.165) is 24.2 Å². The quantitative estimate of drug-likeness (QED) is 0.666. The van der Waals surface area contributed by atoms with Gasteiger partial charge < -0.3 is 13.9 Å². The zero-order chi connectivity index (χ0) is 17.9. The predicted molar refractivity (Wildman–Crippen MR) is 96.8 cm³/mol. The summed E-state index contributed by atoms with van der Waals surface area (Å²) in [6, 6.07) is 16.2. The molecule has 0 bridgehead atoms. The first kappa shape index (κ1) is 16.8. The van der Waals surface area contributed by atoms with Gasteiger partial charge in [-0.05, 0) is 36.1 Å². The molecular formula is C21H22N2O3. The molecule has 1 aliphatic rings. The van der Waals surface area contributed by atoms with E-state index < -0.39 is 0 Å². The molecule has 26 heavy (non-hydrogen) atoms. The first-order chi connectivity index (χ1) is 12.7. The average molecular weight is 350 g/mol. The Morgan fingerprint density at radius 3 is 2.65 bits per heavy atom. The second-order valence-electron chi connectivity index (χ2n) is 6.53. The average Bonchev–Trinajstić information content (AvgIpc) is 3.17. The van der Waals surface area contributed by atoms with Gasteiger partial charge in [-0.15, -0.1) is 10.2 Å². The Kier molecular flexibility index (Phi) is 4.71. The zero-order valence-corrected chi connectivity index (χ0v) is 15.0. The fraction of sp³-hybridized carbons (Fsp3) is 0.333. The third kappa shape index (κ3) is 3.35. The number of aryl methyl sites for hydroxylation is 1. The summed E-state index contributed by atoms with van der Waals surface area (Å²) in [5, 5.41) is 8.45. The van der Waals surface area contributed by atoms with E-state index in [0.29, 0.717) is 18.4 Å². The molecule has 2 heterocycles. The molecule has 134 valence electrons. The van der Waals surface area contributed by atoms with Crippen LogP contribution in [0.15, 0.2) is 52.9 Å². The van der Waals surface area contributed by atoms with Gasteiger partial charge in [-0.1, -0.05) is 49.4 Å². The van der Waals surface area contributed by atoms with Gasteiger partial charge in [-0.2, -0.15) is 0 Å². The van der Waals surface area contributed by atoms with Gasteiger partial charge in [0.25, 0.3) is 5.89 Å². The molecule has 0 amide bonds. The third-order valence-corrected chi connectivity index (χ3v) is 4.70. The number of para-hydroxylation sites is 1. The lowest BCUT2D eigenvalue weighted by Crippen LogP contribution is -2.15. The minimum absolute atomic E-state index is 0.206. The molecule has 0 spiro atoms. The van der Waals surface area contributed by atoms with Crippen LogP contribution in [0.5, 0.6) is 5.75 Å². The van der Waals surface area contributed by atoms with Gasteiger partial charge in [0.15, 0.2) is 6.10 Å². The van der Waals surface area contributed by atoms with Crippen LogP contribution in [0.25, 0.3) is 0 Å². The summed E-state index contributed by atoms with van der Waals surface area (Å²) < 4.78 is 17.9. The molecule has 0 saturated carbocycles. The molecular weight excluding hydrogens is 328 g/mol. The van der Waals surface area contributed by atoms with Crippen LogP contribution in [-0.2, 0) is 17.8 Å². The second kappa shape index (κ2) is 7.30. The summed E-state index contributed by atoms with van der Waals surface area (Å²) in [4.78, 5) is 0. The van der Waals surface area contributed by atoms with E-state index in [1.807, 2.05) is 50.2 Å². The minimum Gasteiger partial charge on any atom is -0.480 e. The van der Waals surface area contributed by atoms with Crippen molar-refractivity contribution in [2.24, 2.45) is 0 Å². The topological polar surface area (TPSA) is 57.4 Å². The van der Waals surface area contributed by atoms with Gasteiger partial charge in [0.1, 0.15) is 11.9 Å². The van der Waals surface area contributed by atoms with Crippen LogP contribution in [0.4, 0.5) is 0 Å². The zero-order valence-electron chi connectivity index (χ0n) is 15.0. The van der Waals surface area contributed by atoms with E-state index in [1.54, 1.807) is 0 Å². The minimum atomic E-state index is -0.270. The summed E-state index contributed by atoms with van der Waals surface area (Å²) in [5.41, 5.74) is 3.57. The Balaban J connectivity index is 1.51. The first-order valence-corrected chi connectivity index (χ1v) is 8.98. The van der Waals surface area contributed by atoms with Crippen LogP contribution in [0, 0.1) is 6.92 Å². The maximum Gasteiger partial charge on any atom is 0.257 e. The van der Waals surface area contributed by atoms with Crippen molar-refractivity contribution < 1.29 is 13.9 Å². The van der Waals surface area contributed by atoms with Crippen molar-refractivity contribution in [2.75, 3.05) is 0 Å². The molecule has 0 fully saturated rings. The van der Waals surface area contributed by atoms with Gasteiger partial charge in [0.2, 0.25) is 5.89 Å². The van der Waals surface area contributed by atoms with Crippen molar-refractivity contribution in [2.45, 2.75) is 45.5 Å². The normalized spacial score (nSPS) is 17.5. The molecule has 1 aliphatic heterocycles. The van der Waals surface area contributed by atoms with Gasteiger partial charge in [0, 0.05) is 6.42 Å². The summed E-state index contributed by atoms with van der Waals surface area (Å²) in [7, 11) is 0. The highest BCUT2D eigenvalue weighted by molar-refractivity contribution is 5.32. The van der Waals surface area contributed by atoms with Crippen LogP contribution in [0.2, 0.25) is 0 Å². The van der Waals surface area contributed by atoms with Crippen LogP contribution >= 0.6 is 0 Å². The highest BCUT2D eigenvalue weighted by Gasteiger charge is 2.27. The molecule has 1 aromatic heterocycles. The Morgan fingerprint density at radius 1 is 1.08 bits per heavy atom. The number of hydrogen-bond acceptors (Lipinski definition) is 5. The van der Waals surface area contributed by atoms with E-state index in [2.05, 4.69) is 22.3 Å². The van der Waals surface area contributed by atoms with E-state index in [-0.39, 0.29) is 12.2 Å². The van der Waals surface area contributed by atoms with Crippen LogP contribution < -0.4 is 4.74 Å². The van der Waals surface area contributed by atoms with Crippen LogP contribution in [-0.4, -0.2) is 10.2 Å². The SMILES string of the molecule is CCC(Oc1ccccc1C)c1nnc([C@@H]2Cc3ccccc3CO2)o1. The van der Waals surface area contributed by atoms with Crippen molar-refractivity contribution >= 4 is 0 Å². The molecule has 2 aromatic carbocycles. The lowest BCUT2D eigenvalue weighted by atomic mass is 9.99. The molecule has 5 nitrogen and oxygen atoms in total.